The van der Waals surface area contributed by atoms with Crippen molar-refractivity contribution in [1.29, 1.82) is 0 Å². The monoisotopic (exact) mass is 343 g/mol. The van der Waals surface area contributed by atoms with Gasteiger partial charge in [-0.15, -0.1) is 0 Å². The number of ether oxygens (including phenoxy) is 2. The minimum Gasteiger partial charge on any atom is -0.497 e. The Hall–Kier alpha value is -2.63. The van der Waals surface area contributed by atoms with Crippen LogP contribution in [0.3, 0.4) is 0 Å². The van der Waals surface area contributed by atoms with Gasteiger partial charge in [-0.05, 0) is 38.0 Å². The topological polar surface area (TPSA) is 85.2 Å². The van der Waals surface area contributed by atoms with E-state index in [4.69, 9.17) is 9.47 Å². The second kappa shape index (κ2) is 6.70. The molecular formula is C19H21NO5. The van der Waals surface area contributed by atoms with E-state index in [0.717, 1.165) is 12.1 Å². The van der Waals surface area contributed by atoms with Crippen LogP contribution >= 0.6 is 0 Å². The number of carbonyl (C=O) groups excluding carboxylic acids is 1. The van der Waals surface area contributed by atoms with Gasteiger partial charge in [0.15, 0.2) is 0 Å². The van der Waals surface area contributed by atoms with Crippen LogP contribution in [0.4, 0.5) is 0 Å². The van der Waals surface area contributed by atoms with E-state index in [1.165, 1.54) is 7.11 Å². The molecular weight excluding hydrogens is 322 g/mol. The number of aliphatic imine (C=N–C) groups is 1. The van der Waals surface area contributed by atoms with Crippen molar-refractivity contribution in [1.82, 2.24) is 0 Å². The van der Waals surface area contributed by atoms with Gasteiger partial charge in [-0.1, -0.05) is 0 Å². The first-order valence-corrected chi connectivity index (χ1v) is 8.24. The Kier molecular flexibility index (Phi) is 4.61. The first kappa shape index (κ1) is 17.2. The summed E-state index contributed by atoms with van der Waals surface area (Å²) in [4.78, 5) is 29.1. The fourth-order valence-corrected chi connectivity index (χ4v) is 3.82. The molecule has 25 heavy (non-hydrogen) atoms. The third-order valence-electron chi connectivity index (χ3n) is 4.91. The molecule has 0 spiro atoms. The van der Waals surface area contributed by atoms with E-state index in [-0.39, 0.29) is 11.4 Å². The predicted molar refractivity (Wildman–Crippen MR) is 92.4 cm³/mol. The fourth-order valence-electron chi connectivity index (χ4n) is 3.82. The Morgan fingerprint density at radius 2 is 1.96 bits per heavy atom. The van der Waals surface area contributed by atoms with Crippen LogP contribution in [-0.4, -0.2) is 36.8 Å². The SMILES string of the molecule is COc1ccc(OC)c(C2C(C(=O)O)=C(C)N=C3CCCC(=O)C32)c1. The van der Waals surface area contributed by atoms with Gasteiger partial charge in [-0.3, -0.25) is 9.79 Å². The standard InChI is InChI=1S/C19H21NO5/c1-10-16(19(22)23)17(18-13(20-10)5-4-6-14(18)21)12-9-11(24-2)7-8-15(12)25-3/h7-9,17-18H,4-6H2,1-3H3,(H,22,23). The zero-order valence-electron chi connectivity index (χ0n) is 14.5. The van der Waals surface area contributed by atoms with E-state index in [0.29, 0.717) is 35.6 Å². The van der Waals surface area contributed by atoms with Crippen LogP contribution in [-0.2, 0) is 9.59 Å². The third kappa shape index (κ3) is 2.92. The zero-order valence-corrected chi connectivity index (χ0v) is 14.5. The average Bonchev–Trinajstić information content (AvgIpc) is 2.59. The molecule has 6 nitrogen and oxygen atoms in total. The summed E-state index contributed by atoms with van der Waals surface area (Å²) in [6, 6.07) is 5.24. The van der Waals surface area contributed by atoms with E-state index in [9.17, 15) is 14.7 Å². The third-order valence-corrected chi connectivity index (χ3v) is 4.91. The van der Waals surface area contributed by atoms with Crippen molar-refractivity contribution in [3.8, 4) is 11.5 Å². The summed E-state index contributed by atoms with van der Waals surface area (Å²) in [5.41, 5.74) is 2.01. The Morgan fingerprint density at radius 1 is 1.20 bits per heavy atom. The molecule has 1 aromatic rings. The number of methoxy groups -OCH3 is 2. The highest BCUT2D eigenvalue weighted by Gasteiger charge is 2.44. The van der Waals surface area contributed by atoms with Crippen molar-refractivity contribution in [2.75, 3.05) is 14.2 Å². The maximum absolute atomic E-state index is 12.7. The molecule has 6 heteroatoms. The lowest BCUT2D eigenvalue weighted by atomic mass is 9.69. The number of ketones is 1. The highest BCUT2D eigenvalue weighted by Crippen LogP contribution is 2.46. The van der Waals surface area contributed by atoms with Crippen LogP contribution in [0.15, 0.2) is 34.5 Å². The number of benzene rings is 1. The van der Waals surface area contributed by atoms with Crippen molar-refractivity contribution in [3.63, 3.8) is 0 Å². The second-order valence-electron chi connectivity index (χ2n) is 6.29. The molecule has 0 radical (unpaired) electrons. The van der Waals surface area contributed by atoms with Gasteiger partial charge in [-0.2, -0.15) is 0 Å². The minimum atomic E-state index is -1.06. The maximum Gasteiger partial charge on any atom is 0.334 e. The van der Waals surface area contributed by atoms with Crippen molar-refractivity contribution in [3.05, 3.63) is 35.0 Å². The number of Topliss-reactive ketones (excluding diaryl/α,β-unsaturated/α-hetero) is 1. The lowest BCUT2D eigenvalue weighted by Gasteiger charge is -2.35. The fraction of sp³-hybridized carbons (Fsp3) is 0.421. The summed E-state index contributed by atoms with van der Waals surface area (Å²) < 4.78 is 10.8. The van der Waals surface area contributed by atoms with E-state index in [2.05, 4.69) is 4.99 Å². The van der Waals surface area contributed by atoms with E-state index in [1.807, 2.05) is 0 Å². The minimum absolute atomic E-state index is 0.0334. The summed E-state index contributed by atoms with van der Waals surface area (Å²) in [5, 5.41) is 9.80. The molecule has 132 valence electrons. The van der Waals surface area contributed by atoms with Crippen molar-refractivity contribution >= 4 is 17.5 Å². The summed E-state index contributed by atoms with van der Waals surface area (Å²) in [7, 11) is 3.08. The molecule has 0 aromatic heterocycles. The number of fused-ring (bicyclic) bond motifs is 1. The van der Waals surface area contributed by atoms with Crippen LogP contribution < -0.4 is 9.47 Å². The molecule has 2 aliphatic rings. The number of hydrogen-bond acceptors (Lipinski definition) is 5. The number of rotatable bonds is 4. The van der Waals surface area contributed by atoms with Crippen LogP contribution in [0.25, 0.3) is 0 Å². The van der Waals surface area contributed by atoms with Crippen molar-refractivity contribution < 1.29 is 24.2 Å². The lowest BCUT2D eigenvalue weighted by molar-refractivity contribution is -0.133. The molecule has 1 heterocycles. The molecule has 2 atom stereocenters. The first-order valence-electron chi connectivity index (χ1n) is 8.24. The molecule has 3 rings (SSSR count). The molecule has 0 bridgehead atoms. The van der Waals surface area contributed by atoms with Gasteiger partial charge in [0.1, 0.15) is 17.3 Å². The number of aliphatic carboxylic acids is 1. The van der Waals surface area contributed by atoms with Gasteiger partial charge >= 0.3 is 5.97 Å². The van der Waals surface area contributed by atoms with Crippen LogP contribution in [0, 0.1) is 5.92 Å². The van der Waals surface area contributed by atoms with E-state index in [1.54, 1.807) is 32.2 Å². The molecule has 1 aromatic carbocycles. The molecule has 0 saturated heterocycles. The average molecular weight is 343 g/mol. The maximum atomic E-state index is 12.7. The lowest BCUT2D eigenvalue weighted by Crippen LogP contribution is -2.38. The molecule has 1 aliphatic heterocycles. The molecule has 1 N–H and O–H groups in total. The second-order valence-corrected chi connectivity index (χ2v) is 6.29. The van der Waals surface area contributed by atoms with Gasteiger partial charge in [0, 0.05) is 29.3 Å². The Bertz CT molecular complexity index is 793. The Labute approximate surface area is 146 Å². The zero-order chi connectivity index (χ0) is 18.1. The van der Waals surface area contributed by atoms with Crippen LogP contribution in [0.5, 0.6) is 11.5 Å². The molecule has 0 amide bonds. The Morgan fingerprint density at radius 3 is 2.60 bits per heavy atom. The van der Waals surface area contributed by atoms with Crippen molar-refractivity contribution in [2.45, 2.75) is 32.1 Å². The van der Waals surface area contributed by atoms with E-state index >= 15 is 0 Å². The molecule has 1 fully saturated rings. The summed E-state index contributed by atoms with van der Waals surface area (Å²) in [5.74, 6) is -1.07. The Balaban J connectivity index is 2.25. The molecule has 1 saturated carbocycles. The highest BCUT2D eigenvalue weighted by atomic mass is 16.5. The van der Waals surface area contributed by atoms with Crippen LogP contribution in [0.1, 0.15) is 37.7 Å². The number of carboxylic acid groups (broad SMARTS) is 1. The van der Waals surface area contributed by atoms with Crippen molar-refractivity contribution in [2.24, 2.45) is 10.9 Å². The van der Waals surface area contributed by atoms with E-state index < -0.39 is 17.8 Å². The highest BCUT2D eigenvalue weighted by molar-refractivity contribution is 6.11. The smallest absolute Gasteiger partial charge is 0.334 e. The summed E-state index contributed by atoms with van der Waals surface area (Å²) in [6.45, 7) is 1.69. The van der Waals surface area contributed by atoms with Gasteiger partial charge in [-0.25, -0.2) is 4.79 Å². The normalized spacial score (nSPS) is 23.0. The number of carbonyl (C=O) groups is 2. The number of hydrogen-bond donors (Lipinski definition) is 1. The number of allylic oxidation sites excluding steroid dienone is 1. The summed E-state index contributed by atoms with van der Waals surface area (Å²) in [6.07, 6.45) is 1.91. The van der Waals surface area contributed by atoms with Gasteiger partial charge in [0.05, 0.1) is 25.7 Å². The first-order chi connectivity index (χ1) is 12.0. The molecule has 2 unspecified atom stereocenters. The van der Waals surface area contributed by atoms with Gasteiger partial charge < -0.3 is 14.6 Å². The number of nitrogens with zero attached hydrogens (tertiary/aromatic N) is 1. The van der Waals surface area contributed by atoms with Crippen LogP contribution in [0.2, 0.25) is 0 Å². The predicted octanol–water partition coefficient (Wildman–Crippen LogP) is 2.97. The number of carboxylic acids is 1. The quantitative estimate of drug-likeness (QED) is 0.908. The largest absolute Gasteiger partial charge is 0.497 e. The van der Waals surface area contributed by atoms with Gasteiger partial charge in [0.2, 0.25) is 0 Å². The van der Waals surface area contributed by atoms with Gasteiger partial charge in [0.25, 0.3) is 0 Å². The summed E-state index contributed by atoms with van der Waals surface area (Å²) >= 11 is 0. The molecule has 1 aliphatic carbocycles.